The Labute approximate surface area is 243 Å². The van der Waals surface area contributed by atoms with Crippen LogP contribution < -0.4 is 27.4 Å². The smallest absolute Gasteiger partial charge is 0.326 e. The predicted octanol–water partition coefficient (Wildman–Crippen LogP) is 0.0375. The zero-order valence-electron chi connectivity index (χ0n) is 23.2. The van der Waals surface area contributed by atoms with E-state index in [4.69, 9.17) is 16.6 Å². The van der Waals surface area contributed by atoms with E-state index in [9.17, 15) is 34.2 Å². The summed E-state index contributed by atoms with van der Waals surface area (Å²) in [5, 5.41) is 35.9. The molecule has 228 valence electrons. The Bertz CT molecular complexity index is 1190. The average molecular weight is 586 g/mol. The number of carboxylic acids is 2. The van der Waals surface area contributed by atoms with E-state index in [0.29, 0.717) is 30.5 Å². The van der Waals surface area contributed by atoms with Crippen LogP contribution in [0.15, 0.2) is 54.6 Å². The Hall–Kier alpha value is -4.49. The molecule has 0 bridgehead atoms. The second-order valence-corrected chi connectivity index (χ2v) is 9.91. The van der Waals surface area contributed by atoms with Crippen LogP contribution in [0.4, 0.5) is 0 Å². The molecular formula is C29H39N5O8. The lowest BCUT2D eigenvalue weighted by atomic mass is 10.0. The molecule has 42 heavy (non-hydrogen) atoms. The largest absolute Gasteiger partial charge is 0.508 e. The number of carbonyl (C=O) groups excluding carboxylic acids is 3. The van der Waals surface area contributed by atoms with Crippen LogP contribution in [0.2, 0.25) is 0 Å². The van der Waals surface area contributed by atoms with Gasteiger partial charge in [0.1, 0.15) is 23.9 Å². The molecule has 0 aliphatic heterocycles. The van der Waals surface area contributed by atoms with Gasteiger partial charge in [-0.1, -0.05) is 42.5 Å². The third-order valence-electron chi connectivity index (χ3n) is 6.49. The SMILES string of the molecule is NCCCCC(NC(=O)C(Cc1ccc(O)cc1)NC(=O)C(N)CCC(=O)O)C(=O)NC(Cc1ccccc1)C(=O)O. The standard InChI is InChI=1S/C29H39N5O8/c30-15-5-4-8-22(27(39)34-24(29(41)42)17-18-6-2-1-3-7-18)32-28(40)23(16-19-9-11-20(35)12-10-19)33-26(38)21(31)13-14-25(36)37/h1-3,6-7,9-12,21-24,35H,4-5,8,13-17,30-31H2,(H,32,40)(H,33,38)(H,34,39)(H,36,37)(H,41,42). The summed E-state index contributed by atoms with van der Waals surface area (Å²) in [6.45, 7) is 0.349. The average Bonchev–Trinajstić information content (AvgIpc) is 2.96. The van der Waals surface area contributed by atoms with Crippen LogP contribution in [0, 0.1) is 0 Å². The fourth-order valence-electron chi connectivity index (χ4n) is 4.12. The van der Waals surface area contributed by atoms with Gasteiger partial charge in [0.15, 0.2) is 0 Å². The van der Waals surface area contributed by atoms with Crippen LogP contribution >= 0.6 is 0 Å². The van der Waals surface area contributed by atoms with Gasteiger partial charge in [-0.2, -0.15) is 0 Å². The van der Waals surface area contributed by atoms with Crippen molar-refractivity contribution in [2.75, 3.05) is 6.54 Å². The summed E-state index contributed by atoms with van der Waals surface area (Å²) in [5.41, 5.74) is 12.7. The van der Waals surface area contributed by atoms with Crippen LogP contribution in [0.3, 0.4) is 0 Å². The molecule has 0 saturated heterocycles. The number of rotatable bonds is 18. The van der Waals surface area contributed by atoms with Crippen molar-refractivity contribution in [2.24, 2.45) is 11.5 Å². The first-order chi connectivity index (χ1) is 20.0. The number of aliphatic carboxylic acids is 2. The van der Waals surface area contributed by atoms with Gasteiger partial charge in [-0.25, -0.2) is 4.79 Å². The first kappa shape index (κ1) is 33.7. The fourth-order valence-corrected chi connectivity index (χ4v) is 4.12. The molecule has 0 saturated carbocycles. The number of carbonyl (C=O) groups is 5. The van der Waals surface area contributed by atoms with E-state index in [1.54, 1.807) is 42.5 Å². The number of nitrogens with one attached hydrogen (secondary N) is 3. The van der Waals surface area contributed by atoms with Crippen molar-refractivity contribution < 1.29 is 39.3 Å². The molecule has 0 radical (unpaired) electrons. The highest BCUT2D eigenvalue weighted by molar-refractivity contribution is 5.94. The third-order valence-corrected chi connectivity index (χ3v) is 6.49. The van der Waals surface area contributed by atoms with E-state index in [1.807, 2.05) is 0 Å². The van der Waals surface area contributed by atoms with Crippen molar-refractivity contribution >= 4 is 29.7 Å². The lowest BCUT2D eigenvalue weighted by molar-refractivity contribution is -0.142. The van der Waals surface area contributed by atoms with Crippen LogP contribution in [0.25, 0.3) is 0 Å². The van der Waals surface area contributed by atoms with Crippen molar-refractivity contribution in [1.29, 1.82) is 0 Å². The highest BCUT2D eigenvalue weighted by Crippen LogP contribution is 2.13. The normalized spacial score (nSPS) is 13.7. The van der Waals surface area contributed by atoms with Gasteiger partial charge in [0.2, 0.25) is 17.7 Å². The number of amides is 3. The molecule has 0 aliphatic carbocycles. The lowest BCUT2D eigenvalue weighted by Crippen LogP contribution is -2.57. The second-order valence-electron chi connectivity index (χ2n) is 9.91. The van der Waals surface area contributed by atoms with Gasteiger partial charge >= 0.3 is 11.9 Å². The number of benzene rings is 2. The molecule has 4 atom stereocenters. The molecule has 13 heteroatoms. The molecule has 0 heterocycles. The summed E-state index contributed by atoms with van der Waals surface area (Å²) in [4.78, 5) is 62.3. The number of hydrogen-bond acceptors (Lipinski definition) is 8. The number of carboxylic acid groups (broad SMARTS) is 2. The van der Waals surface area contributed by atoms with Gasteiger partial charge in [0.25, 0.3) is 0 Å². The zero-order chi connectivity index (χ0) is 31.1. The van der Waals surface area contributed by atoms with Gasteiger partial charge in [-0.3, -0.25) is 19.2 Å². The zero-order valence-corrected chi connectivity index (χ0v) is 23.2. The van der Waals surface area contributed by atoms with Crippen molar-refractivity contribution in [1.82, 2.24) is 16.0 Å². The van der Waals surface area contributed by atoms with Gasteiger partial charge in [0, 0.05) is 19.3 Å². The molecule has 4 unspecified atom stereocenters. The monoisotopic (exact) mass is 585 g/mol. The summed E-state index contributed by atoms with van der Waals surface area (Å²) < 4.78 is 0. The molecule has 0 fully saturated rings. The van der Waals surface area contributed by atoms with E-state index in [0.717, 1.165) is 0 Å². The second kappa shape index (κ2) is 17.4. The Morgan fingerprint density at radius 3 is 1.83 bits per heavy atom. The summed E-state index contributed by atoms with van der Waals surface area (Å²) in [7, 11) is 0. The molecule has 0 spiro atoms. The van der Waals surface area contributed by atoms with E-state index >= 15 is 0 Å². The maximum absolute atomic E-state index is 13.5. The maximum Gasteiger partial charge on any atom is 0.326 e. The first-order valence-electron chi connectivity index (χ1n) is 13.6. The van der Waals surface area contributed by atoms with Crippen LogP contribution in [-0.2, 0) is 36.8 Å². The number of aromatic hydroxyl groups is 1. The molecule has 3 amide bonds. The summed E-state index contributed by atoms with van der Waals surface area (Å²) >= 11 is 0. The quantitative estimate of drug-likeness (QED) is 0.109. The molecule has 2 aromatic carbocycles. The van der Waals surface area contributed by atoms with Crippen molar-refractivity contribution in [2.45, 2.75) is 69.1 Å². The number of phenolic OH excluding ortho intramolecular Hbond substituents is 1. The van der Waals surface area contributed by atoms with Crippen LogP contribution in [0.1, 0.15) is 43.2 Å². The predicted molar refractivity (Wildman–Crippen MR) is 153 cm³/mol. The third kappa shape index (κ3) is 11.9. The molecular weight excluding hydrogens is 546 g/mol. The lowest BCUT2D eigenvalue weighted by Gasteiger charge is -2.25. The highest BCUT2D eigenvalue weighted by Gasteiger charge is 2.30. The number of hydrogen-bond donors (Lipinski definition) is 8. The molecule has 10 N–H and O–H groups in total. The molecule has 0 aliphatic rings. The van der Waals surface area contributed by atoms with Gasteiger partial charge in [-0.15, -0.1) is 0 Å². The fraction of sp³-hybridized carbons (Fsp3) is 0.414. The number of phenols is 1. The van der Waals surface area contributed by atoms with Gasteiger partial charge in [-0.05, 0) is 55.5 Å². The van der Waals surface area contributed by atoms with Gasteiger partial charge < -0.3 is 42.7 Å². The number of nitrogens with two attached hydrogens (primary N) is 2. The summed E-state index contributed by atoms with van der Waals surface area (Å²) in [6.07, 6.45) is 0.659. The minimum absolute atomic E-state index is 0.000365. The molecule has 0 aromatic heterocycles. The minimum atomic E-state index is -1.26. The van der Waals surface area contributed by atoms with E-state index in [1.165, 1.54) is 12.1 Å². The summed E-state index contributed by atoms with van der Waals surface area (Å²) in [6, 6.07) is 9.88. The maximum atomic E-state index is 13.5. The Balaban J connectivity index is 2.23. The van der Waals surface area contributed by atoms with E-state index < -0.39 is 53.8 Å². The Morgan fingerprint density at radius 2 is 1.24 bits per heavy atom. The van der Waals surface area contributed by atoms with Crippen molar-refractivity contribution in [3.8, 4) is 5.75 Å². The summed E-state index contributed by atoms with van der Waals surface area (Å²) in [5.74, 6) is -4.57. The first-order valence-corrected chi connectivity index (χ1v) is 13.6. The number of unbranched alkanes of at least 4 members (excludes halogenated alkanes) is 1. The highest BCUT2D eigenvalue weighted by atomic mass is 16.4. The molecule has 13 nitrogen and oxygen atoms in total. The topological polar surface area (TPSA) is 234 Å². The van der Waals surface area contributed by atoms with Crippen molar-refractivity contribution in [3.63, 3.8) is 0 Å². The minimum Gasteiger partial charge on any atom is -0.508 e. The van der Waals surface area contributed by atoms with E-state index in [-0.39, 0.29) is 37.9 Å². The van der Waals surface area contributed by atoms with Crippen molar-refractivity contribution in [3.05, 3.63) is 65.7 Å². The molecule has 2 aromatic rings. The van der Waals surface area contributed by atoms with Crippen LogP contribution in [0.5, 0.6) is 5.75 Å². The molecule has 2 rings (SSSR count). The Morgan fingerprint density at radius 1 is 0.690 bits per heavy atom. The Kier molecular flexibility index (Phi) is 13.9. The van der Waals surface area contributed by atoms with E-state index in [2.05, 4.69) is 16.0 Å². The van der Waals surface area contributed by atoms with Crippen LogP contribution in [-0.4, -0.2) is 75.7 Å². The van der Waals surface area contributed by atoms with Gasteiger partial charge in [0.05, 0.1) is 6.04 Å².